The SMILES string of the molecule is CSc1ccccc1OC(C)C(=O)c1ccc(C)c(C)c1. The van der Waals surface area contributed by atoms with E-state index in [9.17, 15) is 4.79 Å². The molecule has 2 rings (SSSR count). The largest absolute Gasteiger partial charge is 0.481 e. The van der Waals surface area contributed by atoms with E-state index in [0.717, 1.165) is 16.2 Å². The fraction of sp³-hybridized carbons (Fsp3) is 0.278. The van der Waals surface area contributed by atoms with Crippen LogP contribution in [0.15, 0.2) is 47.4 Å². The summed E-state index contributed by atoms with van der Waals surface area (Å²) in [4.78, 5) is 13.5. The smallest absolute Gasteiger partial charge is 0.203 e. The van der Waals surface area contributed by atoms with Gasteiger partial charge in [-0.1, -0.05) is 24.3 Å². The Morgan fingerprint density at radius 2 is 1.81 bits per heavy atom. The van der Waals surface area contributed by atoms with Crippen molar-refractivity contribution >= 4 is 17.5 Å². The van der Waals surface area contributed by atoms with Gasteiger partial charge in [0.15, 0.2) is 6.10 Å². The number of ether oxygens (including phenoxy) is 1. The average Bonchev–Trinajstić information content (AvgIpc) is 2.49. The highest BCUT2D eigenvalue weighted by Gasteiger charge is 2.18. The van der Waals surface area contributed by atoms with E-state index in [4.69, 9.17) is 4.74 Å². The van der Waals surface area contributed by atoms with Gasteiger partial charge < -0.3 is 4.74 Å². The van der Waals surface area contributed by atoms with Crippen LogP contribution in [0.1, 0.15) is 28.4 Å². The molecule has 1 unspecified atom stereocenters. The number of carbonyl (C=O) groups is 1. The number of Topliss-reactive ketones (excluding diaryl/α,β-unsaturated/α-hetero) is 1. The van der Waals surface area contributed by atoms with Crippen LogP contribution in [0.3, 0.4) is 0 Å². The summed E-state index contributed by atoms with van der Waals surface area (Å²) in [5, 5.41) is 0. The normalized spacial score (nSPS) is 12.0. The van der Waals surface area contributed by atoms with Crippen LogP contribution in [0, 0.1) is 13.8 Å². The van der Waals surface area contributed by atoms with Gasteiger partial charge in [-0.3, -0.25) is 4.79 Å². The summed E-state index contributed by atoms with van der Waals surface area (Å²) in [6.45, 7) is 5.85. The Hall–Kier alpha value is -1.74. The zero-order valence-electron chi connectivity index (χ0n) is 12.8. The molecule has 0 N–H and O–H groups in total. The zero-order chi connectivity index (χ0) is 15.4. The average molecular weight is 300 g/mol. The molecule has 2 aromatic carbocycles. The lowest BCUT2D eigenvalue weighted by Gasteiger charge is -2.16. The minimum atomic E-state index is -0.500. The summed E-state index contributed by atoms with van der Waals surface area (Å²) in [7, 11) is 0. The van der Waals surface area contributed by atoms with Crippen LogP contribution in [0.4, 0.5) is 0 Å². The molecule has 2 nitrogen and oxygen atoms in total. The molecule has 0 aromatic heterocycles. The molecule has 0 heterocycles. The van der Waals surface area contributed by atoms with Crippen LogP contribution in [-0.2, 0) is 0 Å². The number of aryl methyl sites for hydroxylation is 2. The van der Waals surface area contributed by atoms with Gasteiger partial charge >= 0.3 is 0 Å². The maximum Gasteiger partial charge on any atom is 0.203 e. The number of thioether (sulfide) groups is 1. The van der Waals surface area contributed by atoms with Gasteiger partial charge in [0.25, 0.3) is 0 Å². The van der Waals surface area contributed by atoms with Crippen molar-refractivity contribution in [2.24, 2.45) is 0 Å². The third-order valence-corrected chi connectivity index (χ3v) is 4.31. The number of benzene rings is 2. The Morgan fingerprint density at radius 1 is 1.10 bits per heavy atom. The molecule has 0 bridgehead atoms. The second kappa shape index (κ2) is 6.81. The molecule has 0 aliphatic carbocycles. The van der Waals surface area contributed by atoms with E-state index < -0.39 is 6.10 Å². The number of para-hydroxylation sites is 1. The molecule has 21 heavy (non-hydrogen) atoms. The zero-order valence-corrected chi connectivity index (χ0v) is 13.7. The van der Waals surface area contributed by atoms with E-state index in [1.165, 1.54) is 5.56 Å². The first-order valence-electron chi connectivity index (χ1n) is 6.94. The maximum atomic E-state index is 12.5. The molecular formula is C18H20O2S. The van der Waals surface area contributed by atoms with E-state index in [1.54, 1.807) is 18.7 Å². The monoisotopic (exact) mass is 300 g/mol. The van der Waals surface area contributed by atoms with Crippen molar-refractivity contribution in [3.8, 4) is 5.75 Å². The minimum absolute atomic E-state index is 0.00834. The lowest BCUT2D eigenvalue weighted by Crippen LogP contribution is -2.24. The van der Waals surface area contributed by atoms with Crippen molar-refractivity contribution in [2.75, 3.05) is 6.26 Å². The van der Waals surface area contributed by atoms with Crippen molar-refractivity contribution < 1.29 is 9.53 Å². The first-order chi connectivity index (χ1) is 10.0. The molecule has 2 aromatic rings. The number of rotatable bonds is 5. The molecule has 0 spiro atoms. The van der Waals surface area contributed by atoms with Gasteiger partial charge in [0.2, 0.25) is 5.78 Å². The van der Waals surface area contributed by atoms with E-state index in [0.29, 0.717) is 5.56 Å². The predicted octanol–water partition coefficient (Wildman–Crippen LogP) is 4.68. The van der Waals surface area contributed by atoms with Gasteiger partial charge in [-0.2, -0.15) is 0 Å². The molecule has 0 aliphatic heterocycles. The Morgan fingerprint density at radius 3 is 2.48 bits per heavy atom. The Balaban J connectivity index is 2.17. The van der Waals surface area contributed by atoms with Crippen LogP contribution < -0.4 is 4.74 Å². The van der Waals surface area contributed by atoms with Crippen molar-refractivity contribution in [2.45, 2.75) is 31.8 Å². The topological polar surface area (TPSA) is 26.3 Å². The first-order valence-corrected chi connectivity index (χ1v) is 8.16. The molecule has 0 saturated carbocycles. The van der Waals surface area contributed by atoms with Gasteiger partial charge in [-0.05, 0) is 56.4 Å². The van der Waals surface area contributed by atoms with Crippen molar-refractivity contribution in [1.29, 1.82) is 0 Å². The highest BCUT2D eigenvalue weighted by atomic mass is 32.2. The molecule has 1 atom stereocenters. The molecule has 0 fully saturated rings. The third kappa shape index (κ3) is 3.67. The van der Waals surface area contributed by atoms with Gasteiger partial charge in [0.1, 0.15) is 5.75 Å². The lowest BCUT2D eigenvalue weighted by molar-refractivity contribution is 0.0814. The maximum absolute atomic E-state index is 12.5. The molecule has 0 radical (unpaired) electrons. The number of ketones is 1. The second-order valence-electron chi connectivity index (χ2n) is 5.07. The van der Waals surface area contributed by atoms with Gasteiger partial charge in [-0.25, -0.2) is 0 Å². The summed E-state index contributed by atoms with van der Waals surface area (Å²) >= 11 is 1.61. The predicted molar refractivity (Wildman–Crippen MR) is 88.6 cm³/mol. The van der Waals surface area contributed by atoms with E-state index in [1.807, 2.05) is 62.6 Å². The molecule has 0 amide bonds. The lowest BCUT2D eigenvalue weighted by atomic mass is 10.0. The minimum Gasteiger partial charge on any atom is -0.481 e. The Kier molecular flexibility index (Phi) is 5.07. The number of hydrogen-bond acceptors (Lipinski definition) is 3. The molecule has 0 saturated heterocycles. The number of hydrogen-bond donors (Lipinski definition) is 0. The van der Waals surface area contributed by atoms with Crippen molar-refractivity contribution in [1.82, 2.24) is 0 Å². The van der Waals surface area contributed by atoms with Gasteiger partial charge in [0, 0.05) is 10.5 Å². The highest BCUT2D eigenvalue weighted by Crippen LogP contribution is 2.28. The molecule has 3 heteroatoms. The van der Waals surface area contributed by atoms with Gasteiger partial charge in [0.05, 0.1) is 0 Å². The van der Waals surface area contributed by atoms with Crippen LogP contribution in [0.25, 0.3) is 0 Å². The Labute approximate surface area is 130 Å². The third-order valence-electron chi connectivity index (χ3n) is 3.53. The standard InChI is InChI=1S/C18H20O2S/c1-12-9-10-15(11-13(12)2)18(19)14(3)20-16-7-5-6-8-17(16)21-4/h5-11,14H,1-4H3. The number of carbonyl (C=O) groups excluding carboxylic acids is 1. The second-order valence-corrected chi connectivity index (χ2v) is 5.92. The fourth-order valence-electron chi connectivity index (χ4n) is 2.09. The molecule has 110 valence electrons. The van der Waals surface area contributed by atoms with E-state index in [-0.39, 0.29) is 5.78 Å². The van der Waals surface area contributed by atoms with Crippen LogP contribution in [0.5, 0.6) is 5.75 Å². The van der Waals surface area contributed by atoms with Crippen LogP contribution in [0.2, 0.25) is 0 Å². The van der Waals surface area contributed by atoms with Crippen molar-refractivity contribution in [3.63, 3.8) is 0 Å². The fourth-order valence-corrected chi connectivity index (χ4v) is 2.62. The summed E-state index contributed by atoms with van der Waals surface area (Å²) < 4.78 is 5.85. The van der Waals surface area contributed by atoms with E-state index >= 15 is 0 Å². The van der Waals surface area contributed by atoms with Crippen LogP contribution >= 0.6 is 11.8 Å². The quantitative estimate of drug-likeness (QED) is 0.592. The summed E-state index contributed by atoms with van der Waals surface area (Å²) in [6.07, 6.45) is 1.50. The van der Waals surface area contributed by atoms with E-state index in [2.05, 4.69) is 0 Å². The molecule has 0 aliphatic rings. The Bertz CT molecular complexity index is 649. The van der Waals surface area contributed by atoms with Crippen LogP contribution in [-0.4, -0.2) is 18.1 Å². The summed E-state index contributed by atoms with van der Waals surface area (Å²) in [6, 6.07) is 13.5. The van der Waals surface area contributed by atoms with Gasteiger partial charge in [-0.15, -0.1) is 11.8 Å². The molecular weight excluding hydrogens is 280 g/mol. The summed E-state index contributed by atoms with van der Waals surface area (Å²) in [5.41, 5.74) is 3.01. The van der Waals surface area contributed by atoms with Crippen molar-refractivity contribution in [3.05, 3.63) is 59.2 Å². The summed E-state index contributed by atoms with van der Waals surface area (Å²) in [5.74, 6) is 0.767. The highest BCUT2D eigenvalue weighted by molar-refractivity contribution is 7.98. The first kappa shape index (κ1) is 15.6.